The van der Waals surface area contributed by atoms with Crippen LogP contribution in [0, 0.1) is 0 Å². The molecule has 0 unspecified atom stereocenters. The van der Waals surface area contributed by atoms with Crippen molar-refractivity contribution in [1.29, 1.82) is 0 Å². The predicted molar refractivity (Wildman–Crippen MR) is 121 cm³/mol. The number of benzene rings is 2. The van der Waals surface area contributed by atoms with Gasteiger partial charge in [0.05, 0.1) is 24.5 Å². The zero-order valence-corrected chi connectivity index (χ0v) is 17.6. The Kier molecular flexibility index (Phi) is 10.2. The molecule has 8 nitrogen and oxygen atoms in total. The van der Waals surface area contributed by atoms with E-state index in [0.717, 1.165) is 25.9 Å². The van der Waals surface area contributed by atoms with Crippen molar-refractivity contribution in [2.45, 2.75) is 26.7 Å². The second kappa shape index (κ2) is 13.2. The first-order chi connectivity index (χ1) is 14.6. The Labute approximate surface area is 177 Å². The van der Waals surface area contributed by atoms with Gasteiger partial charge in [-0.15, -0.1) is 0 Å². The van der Waals surface area contributed by atoms with Crippen molar-refractivity contribution in [3.8, 4) is 0 Å². The Morgan fingerprint density at radius 1 is 0.667 bits per heavy atom. The normalized spacial score (nSPS) is 10.9. The molecule has 0 aliphatic heterocycles. The van der Waals surface area contributed by atoms with Gasteiger partial charge in [0.2, 0.25) is 11.8 Å². The van der Waals surface area contributed by atoms with Gasteiger partial charge < -0.3 is 21.3 Å². The molecule has 0 heterocycles. The van der Waals surface area contributed by atoms with Gasteiger partial charge in [0, 0.05) is 11.4 Å². The summed E-state index contributed by atoms with van der Waals surface area (Å²) in [5.74, 6) is -0.155. The summed E-state index contributed by atoms with van der Waals surface area (Å²) in [6.45, 7) is 6.32. The molecule has 0 fully saturated rings. The number of azo groups is 1. The number of nitrogens with zero attached hydrogens (tertiary/aromatic N) is 2. The average Bonchev–Trinajstić information content (AvgIpc) is 2.75. The van der Waals surface area contributed by atoms with Crippen molar-refractivity contribution < 1.29 is 9.59 Å². The van der Waals surface area contributed by atoms with E-state index in [4.69, 9.17) is 0 Å². The van der Waals surface area contributed by atoms with Crippen molar-refractivity contribution in [2.75, 3.05) is 36.8 Å². The summed E-state index contributed by atoms with van der Waals surface area (Å²) in [5.41, 5.74) is 2.78. The summed E-state index contributed by atoms with van der Waals surface area (Å²) in [5, 5.41) is 20.2. The number of hydrogen-bond donors (Lipinski definition) is 4. The van der Waals surface area contributed by atoms with E-state index in [1.807, 2.05) is 0 Å². The highest BCUT2D eigenvalue weighted by Gasteiger charge is 2.03. The third-order valence-electron chi connectivity index (χ3n) is 4.01. The molecular weight excluding hydrogens is 380 g/mol. The lowest BCUT2D eigenvalue weighted by Crippen LogP contribution is -2.28. The minimum absolute atomic E-state index is 0.0776. The molecule has 30 heavy (non-hydrogen) atoms. The fraction of sp³-hybridized carbons (Fsp3) is 0.364. The summed E-state index contributed by atoms with van der Waals surface area (Å²) in [7, 11) is 0. The van der Waals surface area contributed by atoms with Gasteiger partial charge in [-0.05, 0) is 74.5 Å². The lowest BCUT2D eigenvalue weighted by molar-refractivity contribution is -0.116. The number of nitrogens with one attached hydrogen (secondary N) is 4. The summed E-state index contributed by atoms with van der Waals surface area (Å²) in [4.78, 5) is 23.6. The highest BCUT2D eigenvalue weighted by molar-refractivity contribution is 5.92. The molecule has 2 amide bonds. The zero-order chi connectivity index (χ0) is 21.6. The van der Waals surface area contributed by atoms with Crippen LogP contribution in [0.4, 0.5) is 22.7 Å². The molecule has 0 saturated heterocycles. The summed E-state index contributed by atoms with van der Waals surface area (Å²) >= 11 is 0. The maximum Gasteiger partial charge on any atom is 0.238 e. The number of anilines is 2. The monoisotopic (exact) mass is 410 g/mol. The largest absolute Gasteiger partial charge is 0.325 e. The molecule has 0 spiro atoms. The van der Waals surface area contributed by atoms with E-state index in [0.29, 0.717) is 35.8 Å². The molecule has 0 aromatic heterocycles. The van der Waals surface area contributed by atoms with Crippen LogP contribution in [0.1, 0.15) is 26.7 Å². The molecule has 0 saturated carbocycles. The molecule has 4 N–H and O–H groups in total. The van der Waals surface area contributed by atoms with Gasteiger partial charge in [-0.1, -0.05) is 13.8 Å². The summed E-state index contributed by atoms with van der Waals surface area (Å²) in [6.07, 6.45) is 1.97. The standard InChI is InChI=1S/C22H30N6O2/c1-3-13-23-15-21(29)25-17-5-9-19(10-6-17)27-28-20-11-7-18(8-12-20)26-22(30)16-24-14-4-2/h5-12,23-24H,3-4,13-16H2,1-2H3,(H,25,29)(H,26,30)/b28-27+. The van der Waals surface area contributed by atoms with Crippen molar-refractivity contribution in [3.05, 3.63) is 48.5 Å². The lowest BCUT2D eigenvalue weighted by Gasteiger charge is -2.06. The van der Waals surface area contributed by atoms with E-state index in [2.05, 4.69) is 45.3 Å². The molecule has 0 aliphatic carbocycles. The summed E-state index contributed by atoms with van der Waals surface area (Å²) in [6, 6.07) is 14.3. The van der Waals surface area contributed by atoms with Crippen LogP contribution in [-0.4, -0.2) is 38.0 Å². The fourth-order valence-electron chi connectivity index (χ4n) is 2.51. The molecule has 0 atom stereocenters. The van der Waals surface area contributed by atoms with Gasteiger partial charge in [-0.2, -0.15) is 10.2 Å². The molecule has 160 valence electrons. The fourth-order valence-corrected chi connectivity index (χ4v) is 2.51. The van der Waals surface area contributed by atoms with Crippen LogP contribution in [0.3, 0.4) is 0 Å². The third-order valence-corrected chi connectivity index (χ3v) is 4.01. The number of hydrogen-bond acceptors (Lipinski definition) is 6. The first-order valence-electron chi connectivity index (χ1n) is 10.2. The van der Waals surface area contributed by atoms with E-state index >= 15 is 0 Å². The highest BCUT2D eigenvalue weighted by Crippen LogP contribution is 2.21. The number of carbonyl (C=O) groups is 2. The molecule has 0 bridgehead atoms. The Balaban J connectivity index is 1.82. The number of rotatable bonds is 12. The Bertz CT molecular complexity index is 749. The van der Waals surface area contributed by atoms with Gasteiger partial charge in [0.1, 0.15) is 0 Å². The minimum atomic E-state index is -0.0776. The Morgan fingerprint density at radius 3 is 1.37 bits per heavy atom. The smallest absolute Gasteiger partial charge is 0.238 e. The van der Waals surface area contributed by atoms with Crippen LogP contribution in [0.25, 0.3) is 0 Å². The summed E-state index contributed by atoms with van der Waals surface area (Å²) < 4.78 is 0. The molecule has 8 heteroatoms. The predicted octanol–water partition coefficient (Wildman–Crippen LogP) is 3.98. The Morgan fingerprint density at radius 2 is 1.03 bits per heavy atom. The molecule has 0 radical (unpaired) electrons. The van der Waals surface area contributed by atoms with Crippen molar-refractivity contribution in [2.24, 2.45) is 10.2 Å². The van der Waals surface area contributed by atoms with Crippen LogP contribution in [-0.2, 0) is 9.59 Å². The van der Waals surface area contributed by atoms with Crippen LogP contribution in [0.15, 0.2) is 58.8 Å². The maximum absolute atomic E-state index is 11.8. The van der Waals surface area contributed by atoms with Gasteiger partial charge in [0.25, 0.3) is 0 Å². The quantitative estimate of drug-likeness (QED) is 0.314. The van der Waals surface area contributed by atoms with Gasteiger partial charge in [0.15, 0.2) is 0 Å². The second-order valence-electron chi connectivity index (χ2n) is 6.74. The topological polar surface area (TPSA) is 107 Å². The van der Waals surface area contributed by atoms with Crippen LogP contribution < -0.4 is 21.3 Å². The van der Waals surface area contributed by atoms with Gasteiger partial charge in [-0.3, -0.25) is 9.59 Å². The Hall–Kier alpha value is -3.10. The molecule has 2 aromatic carbocycles. The van der Waals surface area contributed by atoms with E-state index in [9.17, 15) is 9.59 Å². The van der Waals surface area contributed by atoms with E-state index in [-0.39, 0.29) is 11.8 Å². The zero-order valence-electron chi connectivity index (χ0n) is 17.6. The average molecular weight is 411 g/mol. The van der Waals surface area contributed by atoms with Crippen molar-refractivity contribution >= 4 is 34.6 Å². The number of carbonyl (C=O) groups excluding carboxylic acids is 2. The third kappa shape index (κ3) is 8.93. The first kappa shape index (κ1) is 23.2. The van der Waals surface area contributed by atoms with Gasteiger partial charge >= 0.3 is 0 Å². The second-order valence-corrected chi connectivity index (χ2v) is 6.74. The first-order valence-corrected chi connectivity index (χ1v) is 10.2. The highest BCUT2D eigenvalue weighted by atomic mass is 16.2. The maximum atomic E-state index is 11.8. The molecular formula is C22H30N6O2. The van der Waals surface area contributed by atoms with Crippen molar-refractivity contribution in [1.82, 2.24) is 10.6 Å². The van der Waals surface area contributed by atoms with E-state index in [1.54, 1.807) is 48.5 Å². The van der Waals surface area contributed by atoms with Crippen LogP contribution in [0.5, 0.6) is 0 Å². The van der Waals surface area contributed by atoms with E-state index < -0.39 is 0 Å². The minimum Gasteiger partial charge on any atom is -0.325 e. The van der Waals surface area contributed by atoms with Crippen molar-refractivity contribution in [3.63, 3.8) is 0 Å². The number of amides is 2. The van der Waals surface area contributed by atoms with Gasteiger partial charge in [-0.25, -0.2) is 0 Å². The van der Waals surface area contributed by atoms with Crippen LogP contribution in [0.2, 0.25) is 0 Å². The van der Waals surface area contributed by atoms with E-state index in [1.165, 1.54) is 0 Å². The molecule has 0 aliphatic rings. The SMILES string of the molecule is CCCNCC(=O)Nc1ccc(/N=N/c2ccc(NC(=O)CNCCC)cc2)cc1. The lowest BCUT2D eigenvalue weighted by atomic mass is 10.3. The molecule has 2 aromatic rings. The molecule has 2 rings (SSSR count). The van der Waals surface area contributed by atoms with Crippen LogP contribution >= 0.6 is 0 Å².